The first-order valence-corrected chi connectivity index (χ1v) is 11.0. The Labute approximate surface area is 169 Å². The van der Waals surface area contributed by atoms with Gasteiger partial charge in [-0.15, -0.1) is 0 Å². The molecule has 4 rings (SSSR count). The van der Waals surface area contributed by atoms with Gasteiger partial charge in [0.15, 0.2) is 0 Å². The van der Waals surface area contributed by atoms with Crippen LogP contribution >= 0.6 is 0 Å². The highest BCUT2D eigenvalue weighted by molar-refractivity contribution is 5.74. The summed E-state index contributed by atoms with van der Waals surface area (Å²) in [7, 11) is 0. The molecule has 4 nitrogen and oxygen atoms in total. The van der Waals surface area contributed by atoms with Gasteiger partial charge in [-0.3, -0.25) is 4.98 Å². The van der Waals surface area contributed by atoms with Crippen molar-refractivity contribution in [1.29, 1.82) is 0 Å². The van der Waals surface area contributed by atoms with Crippen LogP contribution in [0.25, 0.3) is 17.3 Å². The second-order valence-electron chi connectivity index (χ2n) is 8.67. The molecule has 0 aromatic carbocycles. The predicted molar refractivity (Wildman–Crippen MR) is 117 cm³/mol. The molecule has 0 bridgehead atoms. The van der Waals surface area contributed by atoms with E-state index in [-0.39, 0.29) is 0 Å². The summed E-state index contributed by atoms with van der Waals surface area (Å²) in [4.78, 5) is 5.14. The van der Waals surface area contributed by atoms with Gasteiger partial charge in [-0.05, 0) is 69.2 Å². The first-order chi connectivity index (χ1) is 13.6. The maximum atomic E-state index is 5.92. The average molecular weight is 379 g/mol. The number of nitrogens with zero attached hydrogens (tertiary/aromatic N) is 2. The second-order valence-corrected chi connectivity index (χ2v) is 8.67. The van der Waals surface area contributed by atoms with E-state index in [9.17, 15) is 0 Å². The number of rotatable bonds is 5. The minimum absolute atomic E-state index is 0.357. The topological polar surface area (TPSA) is 69.9 Å². The van der Waals surface area contributed by atoms with E-state index in [1.54, 1.807) is 0 Å². The Morgan fingerprint density at radius 1 is 1.04 bits per heavy atom. The van der Waals surface area contributed by atoms with Crippen LogP contribution in [0.4, 0.5) is 0 Å². The molecule has 0 amide bonds. The molecule has 2 aliphatic rings. The van der Waals surface area contributed by atoms with E-state index in [1.807, 2.05) is 6.08 Å². The van der Waals surface area contributed by atoms with Gasteiger partial charge in [-0.25, -0.2) is 0 Å². The molecule has 2 aromatic rings. The van der Waals surface area contributed by atoms with Crippen molar-refractivity contribution in [3.63, 3.8) is 0 Å². The van der Waals surface area contributed by atoms with Crippen LogP contribution in [0.5, 0.6) is 0 Å². The van der Waals surface area contributed by atoms with Crippen LogP contribution in [-0.2, 0) is 6.54 Å². The first-order valence-electron chi connectivity index (χ1n) is 11.0. The normalized spacial score (nSPS) is 18.1. The maximum Gasteiger partial charge on any atom is 0.0954 e. The highest BCUT2D eigenvalue weighted by Gasteiger charge is 2.25. The van der Waals surface area contributed by atoms with Crippen molar-refractivity contribution in [3.05, 3.63) is 46.7 Å². The number of aryl methyl sites for hydroxylation is 1. The molecule has 0 aliphatic heterocycles. The zero-order chi connectivity index (χ0) is 19.7. The zero-order valence-corrected chi connectivity index (χ0v) is 17.4. The molecule has 0 atom stereocenters. The van der Waals surface area contributed by atoms with Crippen LogP contribution in [-0.4, -0.2) is 9.55 Å². The number of hydrogen-bond donors (Lipinski definition) is 2. The van der Waals surface area contributed by atoms with Gasteiger partial charge >= 0.3 is 0 Å². The quantitative estimate of drug-likeness (QED) is 0.731. The molecule has 2 aromatic heterocycles. The number of nitrogens with two attached hydrogens (primary N) is 2. The standard InChI is InChI=1S/C24H34N4/c1-3-28-22(18-10-6-7-11-18)14-19(23(28)15-24(25)26)21-13-16(2)12-20(27-21)17-8-4-5-9-17/h12-15,17-18H,3-11,25-26H2,1-2H3. The van der Waals surface area contributed by atoms with Gasteiger partial charge in [0.1, 0.15) is 0 Å². The van der Waals surface area contributed by atoms with E-state index in [0.29, 0.717) is 17.7 Å². The highest BCUT2D eigenvalue weighted by Crippen LogP contribution is 2.40. The molecule has 2 fully saturated rings. The number of hydrogen-bond acceptors (Lipinski definition) is 3. The van der Waals surface area contributed by atoms with Gasteiger partial charge in [0.05, 0.1) is 17.2 Å². The van der Waals surface area contributed by atoms with Gasteiger partial charge in [0.25, 0.3) is 0 Å². The van der Waals surface area contributed by atoms with E-state index in [0.717, 1.165) is 17.9 Å². The molecule has 0 spiro atoms. The van der Waals surface area contributed by atoms with Crippen molar-refractivity contribution in [2.24, 2.45) is 11.5 Å². The zero-order valence-electron chi connectivity index (χ0n) is 17.4. The van der Waals surface area contributed by atoms with Crippen LogP contribution in [0.3, 0.4) is 0 Å². The molecular formula is C24H34N4. The average Bonchev–Trinajstić information content (AvgIpc) is 3.41. The minimum Gasteiger partial charge on any atom is -0.386 e. The molecular weight excluding hydrogens is 344 g/mol. The Kier molecular flexibility index (Phi) is 5.47. The highest BCUT2D eigenvalue weighted by atomic mass is 15.0. The van der Waals surface area contributed by atoms with Gasteiger partial charge < -0.3 is 16.0 Å². The smallest absolute Gasteiger partial charge is 0.0954 e. The molecule has 150 valence electrons. The van der Waals surface area contributed by atoms with Crippen LogP contribution < -0.4 is 11.5 Å². The van der Waals surface area contributed by atoms with Crippen LogP contribution in [0.1, 0.15) is 92.8 Å². The Hall–Kier alpha value is -2.23. The van der Waals surface area contributed by atoms with Crippen molar-refractivity contribution in [1.82, 2.24) is 9.55 Å². The molecule has 4 heteroatoms. The van der Waals surface area contributed by atoms with E-state index >= 15 is 0 Å². The Morgan fingerprint density at radius 3 is 2.29 bits per heavy atom. The van der Waals surface area contributed by atoms with E-state index in [2.05, 4.69) is 36.6 Å². The summed E-state index contributed by atoms with van der Waals surface area (Å²) in [6, 6.07) is 6.87. The minimum atomic E-state index is 0.357. The molecule has 2 saturated carbocycles. The van der Waals surface area contributed by atoms with Crippen molar-refractivity contribution in [2.75, 3.05) is 0 Å². The van der Waals surface area contributed by atoms with Crippen molar-refractivity contribution in [3.8, 4) is 11.3 Å². The summed E-state index contributed by atoms with van der Waals surface area (Å²) in [5.41, 5.74) is 19.2. The summed E-state index contributed by atoms with van der Waals surface area (Å²) in [5, 5.41) is 0. The third kappa shape index (κ3) is 3.69. The predicted octanol–water partition coefficient (Wildman–Crippen LogP) is 5.41. The SMILES string of the molecule is CCn1c(C2CCCC2)cc(-c2cc(C)cc(C3CCCC3)n2)c1C=C(N)N. The fraction of sp³-hybridized carbons (Fsp3) is 0.542. The van der Waals surface area contributed by atoms with Crippen LogP contribution in [0, 0.1) is 6.92 Å². The van der Waals surface area contributed by atoms with Crippen molar-refractivity contribution < 1.29 is 0 Å². The molecule has 0 saturated heterocycles. The van der Waals surface area contributed by atoms with Crippen molar-refractivity contribution >= 4 is 6.08 Å². The summed E-state index contributed by atoms with van der Waals surface area (Å²) in [6.45, 7) is 5.32. The molecule has 0 unspecified atom stereocenters. The lowest BCUT2D eigenvalue weighted by molar-refractivity contribution is 0.618. The third-order valence-corrected chi connectivity index (χ3v) is 6.60. The van der Waals surface area contributed by atoms with Gasteiger partial charge in [0.2, 0.25) is 0 Å². The van der Waals surface area contributed by atoms with Gasteiger partial charge in [-0.2, -0.15) is 0 Å². The van der Waals surface area contributed by atoms with Crippen LogP contribution in [0.2, 0.25) is 0 Å². The first kappa shape index (κ1) is 19.1. The van der Waals surface area contributed by atoms with Crippen LogP contribution in [0.15, 0.2) is 24.0 Å². The molecule has 4 N–H and O–H groups in total. The Bertz CT molecular complexity index is 861. The molecule has 0 radical (unpaired) electrons. The Morgan fingerprint density at radius 2 is 1.68 bits per heavy atom. The lowest BCUT2D eigenvalue weighted by atomic mass is 9.99. The fourth-order valence-corrected chi connectivity index (χ4v) is 5.28. The van der Waals surface area contributed by atoms with E-state index in [4.69, 9.17) is 16.5 Å². The van der Waals surface area contributed by atoms with Gasteiger partial charge in [-0.1, -0.05) is 25.7 Å². The lowest BCUT2D eigenvalue weighted by Crippen LogP contribution is -2.11. The summed E-state index contributed by atoms with van der Waals surface area (Å²) < 4.78 is 2.41. The van der Waals surface area contributed by atoms with E-state index in [1.165, 1.54) is 73.9 Å². The monoisotopic (exact) mass is 378 g/mol. The molecule has 28 heavy (non-hydrogen) atoms. The van der Waals surface area contributed by atoms with E-state index < -0.39 is 0 Å². The summed E-state index contributed by atoms with van der Waals surface area (Å²) in [5.74, 6) is 1.61. The van der Waals surface area contributed by atoms with Gasteiger partial charge in [0, 0.05) is 35.5 Å². The third-order valence-electron chi connectivity index (χ3n) is 6.60. The fourth-order valence-electron chi connectivity index (χ4n) is 5.28. The number of aromatic nitrogens is 2. The maximum absolute atomic E-state index is 5.92. The van der Waals surface area contributed by atoms with Crippen molar-refractivity contribution in [2.45, 2.75) is 83.6 Å². The molecule has 2 aliphatic carbocycles. The lowest BCUT2D eigenvalue weighted by Gasteiger charge is -2.15. The Balaban J connectivity index is 1.85. The summed E-state index contributed by atoms with van der Waals surface area (Å²) in [6.07, 6.45) is 12.3. The largest absolute Gasteiger partial charge is 0.386 e. The number of pyridine rings is 1. The second kappa shape index (κ2) is 8.02. The summed E-state index contributed by atoms with van der Waals surface area (Å²) >= 11 is 0. The molecule has 2 heterocycles.